The second kappa shape index (κ2) is 282. The Morgan fingerprint density at radius 1 is 0.897 bits per heavy atom. The molecule has 0 unspecified atom stereocenters. The third-order valence-electron chi connectivity index (χ3n) is 0.354. The number of carbonyl (C=O) groups excluding carboxylic acids is 3. The van der Waals surface area contributed by atoms with Gasteiger partial charge >= 0.3 is 29.6 Å². The number of nitrogens with two attached hydrogens (primary N) is 1. The molecule has 0 aromatic rings. The first-order valence-electron chi connectivity index (χ1n) is 8.99. The fraction of sp³-hybridized carbons (Fsp3) is 0.789. The van der Waals surface area contributed by atoms with Crippen LogP contribution >= 0.6 is 0 Å². The van der Waals surface area contributed by atoms with E-state index in [0.717, 1.165) is 26.7 Å². The Hall–Kier alpha value is -0.915. The molecular weight excluding hydrogens is 384 g/mol. The molecule has 0 saturated heterocycles. The molecule has 0 amide bonds. The molecular formula is C19H48BN3NaO5-2. The van der Waals surface area contributed by atoms with Crippen molar-refractivity contribution in [3.63, 3.8) is 0 Å². The van der Waals surface area contributed by atoms with E-state index >= 15 is 0 Å². The van der Waals surface area contributed by atoms with Crippen LogP contribution in [0.15, 0.2) is 0 Å². The molecule has 0 aliphatic rings. The van der Waals surface area contributed by atoms with Crippen LogP contribution in [0.1, 0.15) is 83.1 Å². The number of carboxylic acids is 2. The van der Waals surface area contributed by atoms with Crippen LogP contribution in [0.4, 0.5) is 0 Å². The summed E-state index contributed by atoms with van der Waals surface area (Å²) in [6, 6.07) is 0. The van der Waals surface area contributed by atoms with E-state index in [-0.39, 0.29) is 38.0 Å². The van der Waals surface area contributed by atoms with Crippen molar-refractivity contribution in [1.82, 2.24) is 5.32 Å². The van der Waals surface area contributed by atoms with E-state index < -0.39 is 11.9 Å². The number of carboxylic acid groups (broad SMARTS) is 2. The van der Waals surface area contributed by atoms with Crippen molar-refractivity contribution in [3.8, 4) is 0 Å². The van der Waals surface area contributed by atoms with Gasteiger partial charge in [0.1, 0.15) is 6.29 Å². The van der Waals surface area contributed by atoms with Gasteiger partial charge in [-0.05, 0) is 41.4 Å². The van der Waals surface area contributed by atoms with Gasteiger partial charge in [0, 0.05) is 20.4 Å². The molecule has 0 aliphatic heterocycles. The third kappa shape index (κ3) is 2360000. The molecule has 175 valence electrons. The summed E-state index contributed by atoms with van der Waals surface area (Å²) in [5, 5.41) is 27.0. The van der Waals surface area contributed by atoms with E-state index in [9.17, 15) is 0 Å². The van der Waals surface area contributed by atoms with Crippen LogP contribution < -0.4 is 50.8 Å². The van der Waals surface area contributed by atoms with E-state index in [1.807, 2.05) is 62.4 Å². The van der Waals surface area contributed by atoms with Gasteiger partial charge in [-0.1, -0.05) is 62.3 Å². The van der Waals surface area contributed by atoms with Crippen LogP contribution in [0.3, 0.4) is 0 Å². The smallest absolute Gasteiger partial charge is 0.550 e. The molecule has 0 aromatic heterocycles. The number of aldehydes is 1. The Morgan fingerprint density at radius 3 is 0.931 bits per heavy atom. The van der Waals surface area contributed by atoms with Crippen LogP contribution in [0, 0.1) is 11.8 Å². The standard InChI is InChI=1S/C3H9N.2C2H4O2.C2H4O.4C2H6.CH5N.CN.B.Na/c1-3-4-2;2*1-2(3)4;1-2-3;6*1-2;;/h4H,3H2,1-2H3;2*1H3,(H,3,4);2H,1H3;4*1-2H3;2H2,1H3;;;/q;;;;;;;;;-1;;+1/p-2. The van der Waals surface area contributed by atoms with Crippen LogP contribution in [-0.4, -0.2) is 47.3 Å². The Morgan fingerprint density at radius 2 is 0.931 bits per heavy atom. The van der Waals surface area contributed by atoms with E-state index in [1.165, 1.54) is 14.0 Å². The number of nitrogens with one attached hydrogen (secondary N) is 1. The zero-order valence-electron chi connectivity index (χ0n) is 21.9. The quantitative estimate of drug-likeness (QED) is 0.283. The van der Waals surface area contributed by atoms with Gasteiger partial charge < -0.3 is 47.5 Å². The summed E-state index contributed by atoms with van der Waals surface area (Å²) in [6.45, 7) is 27.3. The summed E-state index contributed by atoms with van der Waals surface area (Å²) in [6.07, 6.45) is 0.750. The fourth-order valence-corrected chi connectivity index (χ4v) is 0. The van der Waals surface area contributed by atoms with Crippen LogP contribution in [0.5, 0.6) is 0 Å². The summed E-state index contributed by atoms with van der Waals surface area (Å²) in [5.74, 6) is -2.17. The van der Waals surface area contributed by atoms with Gasteiger partial charge in [0.25, 0.3) is 0 Å². The molecule has 3 radical (unpaired) electrons. The molecule has 0 aromatic carbocycles. The number of aliphatic carboxylic acids is 2. The maximum Gasteiger partial charge on any atom is 1.00 e. The molecule has 3 N–H and O–H groups in total. The van der Waals surface area contributed by atoms with Gasteiger partial charge in [-0.2, -0.15) is 0 Å². The van der Waals surface area contributed by atoms with Crippen LogP contribution in [-0.2, 0) is 14.4 Å². The normalized spacial score (nSPS) is 4.31. The maximum atomic E-state index is 8.89. The molecule has 0 bridgehead atoms. The topological polar surface area (TPSA) is 159 Å². The van der Waals surface area contributed by atoms with Crippen LogP contribution in [0.2, 0.25) is 0 Å². The first kappa shape index (κ1) is 79.6. The summed E-state index contributed by atoms with van der Waals surface area (Å²) in [5.41, 5.74) is 4.50. The second-order valence-corrected chi connectivity index (χ2v) is 1.93. The zero-order chi connectivity index (χ0) is 25.3. The summed E-state index contributed by atoms with van der Waals surface area (Å²) >= 11 is 0. The minimum Gasteiger partial charge on any atom is -0.550 e. The Kier molecular flexibility index (Phi) is 774. The molecule has 0 rings (SSSR count). The molecule has 10 heteroatoms. The van der Waals surface area contributed by atoms with Gasteiger partial charge in [-0.15, -0.1) is 0 Å². The first-order chi connectivity index (χ1) is 12.8. The van der Waals surface area contributed by atoms with Crippen molar-refractivity contribution in [3.05, 3.63) is 6.57 Å². The van der Waals surface area contributed by atoms with Gasteiger partial charge in [0.2, 0.25) is 0 Å². The average Bonchev–Trinajstić information content (AvgIpc) is 2.71. The molecule has 0 heterocycles. The number of rotatable bonds is 1. The summed E-state index contributed by atoms with van der Waals surface area (Å²) < 4.78 is 0. The number of hydrogen-bond donors (Lipinski definition) is 2. The van der Waals surface area contributed by atoms with Crippen molar-refractivity contribution in [1.29, 1.82) is 5.26 Å². The molecule has 8 nitrogen and oxygen atoms in total. The summed E-state index contributed by atoms with van der Waals surface area (Å²) in [7, 11) is 3.43. The minimum absolute atomic E-state index is 0. The zero-order valence-corrected chi connectivity index (χ0v) is 23.9. The minimum atomic E-state index is -1.08. The molecule has 0 spiro atoms. The van der Waals surface area contributed by atoms with Crippen molar-refractivity contribution >= 4 is 26.6 Å². The number of hydrogen-bond acceptors (Lipinski definition) is 8. The van der Waals surface area contributed by atoms with Crippen molar-refractivity contribution < 1.29 is 54.2 Å². The summed E-state index contributed by atoms with van der Waals surface area (Å²) in [4.78, 5) is 26.6. The largest absolute Gasteiger partial charge is 1.00 e. The number of carbonyl (C=O) groups is 3. The second-order valence-electron chi connectivity index (χ2n) is 1.93. The van der Waals surface area contributed by atoms with Crippen molar-refractivity contribution in [2.45, 2.75) is 83.1 Å². The molecule has 0 aliphatic carbocycles. The van der Waals surface area contributed by atoms with Gasteiger partial charge in [-0.3, -0.25) is 0 Å². The molecule has 29 heavy (non-hydrogen) atoms. The Bertz CT molecular complexity index is 180. The van der Waals surface area contributed by atoms with E-state index in [0.29, 0.717) is 0 Å². The van der Waals surface area contributed by atoms with Crippen LogP contribution in [0.25, 0.3) is 0 Å². The predicted octanol–water partition coefficient (Wildman–Crippen LogP) is -1.66. The molecule has 0 atom stereocenters. The van der Waals surface area contributed by atoms with Crippen molar-refractivity contribution in [2.24, 2.45) is 5.73 Å². The average molecular weight is 432 g/mol. The molecule has 0 saturated carbocycles. The molecule has 0 fully saturated rings. The SMILES string of the molecule is CC.CC.CC.CC.CC(=O)[O-].CC(=O)[O-].CC=O.CCNC.CN.[B].[C-]#N.[Na+]. The first-order valence-corrected chi connectivity index (χ1v) is 8.99. The number of nitrogens with zero attached hydrogens (tertiary/aromatic N) is 1. The van der Waals surface area contributed by atoms with Crippen molar-refractivity contribution in [2.75, 3.05) is 20.6 Å². The van der Waals surface area contributed by atoms with Gasteiger partial charge in [0.05, 0.1) is 0 Å². The fourth-order valence-electron chi connectivity index (χ4n) is 0. The third-order valence-corrected chi connectivity index (χ3v) is 0.354. The van der Waals surface area contributed by atoms with Gasteiger partial charge in [0.15, 0.2) is 0 Å². The maximum absolute atomic E-state index is 8.89. The van der Waals surface area contributed by atoms with Gasteiger partial charge in [-0.25, -0.2) is 0 Å². The Labute approximate surface area is 206 Å². The Balaban J connectivity index is -0.0000000112. The monoisotopic (exact) mass is 432 g/mol. The van der Waals surface area contributed by atoms with E-state index in [1.54, 1.807) is 0 Å². The van der Waals surface area contributed by atoms with E-state index in [2.05, 4.69) is 18.0 Å². The predicted molar refractivity (Wildman–Crippen MR) is 119 cm³/mol. The van der Waals surface area contributed by atoms with E-state index in [4.69, 9.17) is 36.4 Å².